The molecule has 1 aromatic rings. The highest BCUT2D eigenvalue weighted by Crippen LogP contribution is 2.35. The number of hydrogen-bond donors (Lipinski definition) is 1. The first-order chi connectivity index (χ1) is 9.04. The average Bonchev–Trinajstić information content (AvgIpc) is 2.70. The van der Waals surface area contributed by atoms with Crippen LogP contribution < -0.4 is 5.73 Å². The van der Waals surface area contributed by atoms with Gasteiger partial charge in [0.25, 0.3) is 0 Å². The Balaban J connectivity index is 2.18. The summed E-state index contributed by atoms with van der Waals surface area (Å²) in [6, 6.07) is 3.42. The summed E-state index contributed by atoms with van der Waals surface area (Å²) in [5.74, 6) is 0.799. The summed E-state index contributed by atoms with van der Waals surface area (Å²) in [7, 11) is 2.27. The van der Waals surface area contributed by atoms with Gasteiger partial charge in [0.05, 0.1) is 0 Å². The Kier molecular flexibility index (Phi) is 5.04. The fourth-order valence-corrected chi connectivity index (χ4v) is 4.61. The van der Waals surface area contributed by atoms with Gasteiger partial charge in [-0.15, -0.1) is 11.3 Å². The molecular formula is C16H28N2S. The highest BCUT2D eigenvalue weighted by Gasteiger charge is 2.30. The van der Waals surface area contributed by atoms with Crippen LogP contribution in [0.4, 0.5) is 0 Å². The predicted octanol–water partition coefficient (Wildman–Crippen LogP) is 3.88. The molecule has 3 atom stereocenters. The zero-order valence-corrected chi connectivity index (χ0v) is 13.6. The third kappa shape index (κ3) is 3.21. The van der Waals surface area contributed by atoms with E-state index in [1.165, 1.54) is 41.0 Å². The number of thiophene rings is 1. The molecule has 0 saturated heterocycles. The summed E-state index contributed by atoms with van der Waals surface area (Å²) in [5.41, 5.74) is 7.55. The topological polar surface area (TPSA) is 29.3 Å². The maximum atomic E-state index is 6.10. The first-order valence-electron chi connectivity index (χ1n) is 7.53. The number of rotatable bonds is 4. The van der Waals surface area contributed by atoms with E-state index in [4.69, 9.17) is 5.73 Å². The summed E-state index contributed by atoms with van der Waals surface area (Å²) in [4.78, 5) is 5.39. The molecule has 1 fully saturated rings. The van der Waals surface area contributed by atoms with Gasteiger partial charge >= 0.3 is 0 Å². The van der Waals surface area contributed by atoms with Gasteiger partial charge in [-0.3, -0.25) is 4.90 Å². The van der Waals surface area contributed by atoms with Crippen LogP contribution in [-0.2, 0) is 0 Å². The van der Waals surface area contributed by atoms with Gasteiger partial charge in [0.15, 0.2) is 0 Å². The molecule has 0 aliphatic heterocycles. The standard InChI is InChI=1S/C16H28N2S/c1-11-7-5-6-8-15(11)18(4)16(10-17)14-9-12(2)19-13(14)3/h9,11,15-16H,5-8,10,17H2,1-4H3. The van der Waals surface area contributed by atoms with Crippen LogP contribution in [0.5, 0.6) is 0 Å². The van der Waals surface area contributed by atoms with Crippen LogP contribution in [0.2, 0.25) is 0 Å². The van der Waals surface area contributed by atoms with Crippen molar-refractivity contribution in [1.82, 2.24) is 4.90 Å². The van der Waals surface area contributed by atoms with Crippen molar-refractivity contribution in [2.45, 2.75) is 58.5 Å². The van der Waals surface area contributed by atoms with Crippen LogP contribution in [0.15, 0.2) is 6.07 Å². The molecule has 0 aromatic carbocycles. The van der Waals surface area contributed by atoms with Crippen molar-refractivity contribution in [3.63, 3.8) is 0 Å². The van der Waals surface area contributed by atoms with Crippen LogP contribution in [0, 0.1) is 19.8 Å². The second-order valence-corrected chi connectivity index (χ2v) is 7.58. The second-order valence-electron chi connectivity index (χ2n) is 6.11. The molecule has 19 heavy (non-hydrogen) atoms. The van der Waals surface area contributed by atoms with Gasteiger partial charge in [-0.2, -0.15) is 0 Å². The Morgan fingerprint density at radius 3 is 2.58 bits per heavy atom. The smallest absolute Gasteiger partial charge is 0.0481 e. The van der Waals surface area contributed by atoms with Crippen LogP contribution in [0.1, 0.15) is 54.0 Å². The number of nitrogens with two attached hydrogens (primary N) is 1. The Bertz CT molecular complexity index is 413. The fourth-order valence-electron chi connectivity index (χ4n) is 3.63. The number of aryl methyl sites for hydroxylation is 2. The SMILES string of the molecule is Cc1cc(C(CN)N(C)C2CCCCC2C)c(C)s1. The van der Waals surface area contributed by atoms with Gasteiger partial charge < -0.3 is 5.73 Å². The van der Waals surface area contributed by atoms with Crippen molar-refractivity contribution >= 4 is 11.3 Å². The van der Waals surface area contributed by atoms with Crippen molar-refractivity contribution < 1.29 is 0 Å². The maximum Gasteiger partial charge on any atom is 0.0481 e. The van der Waals surface area contributed by atoms with E-state index < -0.39 is 0 Å². The molecule has 0 amide bonds. The molecule has 108 valence electrons. The second kappa shape index (κ2) is 6.38. The van der Waals surface area contributed by atoms with Crippen molar-refractivity contribution in [3.8, 4) is 0 Å². The van der Waals surface area contributed by atoms with Crippen LogP contribution in [0.25, 0.3) is 0 Å². The number of likely N-dealkylation sites (N-methyl/N-ethyl adjacent to an activating group) is 1. The van der Waals surface area contributed by atoms with E-state index in [0.717, 1.165) is 12.5 Å². The molecule has 3 heteroatoms. The Hall–Kier alpha value is -0.380. The van der Waals surface area contributed by atoms with E-state index in [0.29, 0.717) is 12.1 Å². The van der Waals surface area contributed by atoms with E-state index in [-0.39, 0.29) is 0 Å². The third-order valence-corrected chi connectivity index (χ3v) is 5.72. The molecule has 1 aliphatic rings. The van der Waals surface area contributed by atoms with Gasteiger partial charge in [0.1, 0.15) is 0 Å². The molecule has 1 saturated carbocycles. The lowest BCUT2D eigenvalue weighted by Crippen LogP contribution is -2.43. The molecule has 1 aliphatic carbocycles. The van der Waals surface area contributed by atoms with Crippen molar-refractivity contribution in [1.29, 1.82) is 0 Å². The van der Waals surface area contributed by atoms with Gasteiger partial charge in [-0.25, -0.2) is 0 Å². The molecule has 2 nitrogen and oxygen atoms in total. The van der Waals surface area contributed by atoms with E-state index in [9.17, 15) is 0 Å². The van der Waals surface area contributed by atoms with E-state index in [2.05, 4.69) is 38.8 Å². The molecule has 0 spiro atoms. The zero-order chi connectivity index (χ0) is 14.0. The van der Waals surface area contributed by atoms with E-state index >= 15 is 0 Å². The van der Waals surface area contributed by atoms with Crippen molar-refractivity contribution in [3.05, 3.63) is 21.4 Å². The Morgan fingerprint density at radius 1 is 1.37 bits per heavy atom. The highest BCUT2D eigenvalue weighted by molar-refractivity contribution is 7.12. The minimum Gasteiger partial charge on any atom is -0.329 e. The molecular weight excluding hydrogens is 252 g/mol. The summed E-state index contributed by atoms with van der Waals surface area (Å²) in [5, 5.41) is 0. The third-order valence-electron chi connectivity index (χ3n) is 4.74. The monoisotopic (exact) mass is 280 g/mol. The molecule has 1 aromatic heterocycles. The summed E-state index contributed by atoms with van der Waals surface area (Å²) >= 11 is 1.90. The molecule has 1 heterocycles. The van der Waals surface area contributed by atoms with Crippen LogP contribution >= 0.6 is 11.3 Å². The molecule has 2 rings (SSSR count). The number of nitrogens with zero attached hydrogens (tertiary/aromatic N) is 1. The van der Waals surface area contributed by atoms with Gasteiger partial charge in [0.2, 0.25) is 0 Å². The van der Waals surface area contributed by atoms with Crippen molar-refractivity contribution in [2.24, 2.45) is 11.7 Å². The van der Waals surface area contributed by atoms with E-state index in [1.807, 2.05) is 11.3 Å². The number of hydrogen-bond acceptors (Lipinski definition) is 3. The first kappa shape index (κ1) is 15.0. The Labute approximate surface area is 122 Å². The lowest BCUT2D eigenvalue weighted by molar-refractivity contribution is 0.0991. The van der Waals surface area contributed by atoms with Crippen molar-refractivity contribution in [2.75, 3.05) is 13.6 Å². The maximum absolute atomic E-state index is 6.10. The van der Waals surface area contributed by atoms with Crippen LogP contribution in [0.3, 0.4) is 0 Å². The average molecular weight is 280 g/mol. The molecule has 3 unspecified atom stereocenters. The predicted molar refractivity (Wildman–Crippen MR) is 84.8 cm³/mol. The lowest BCUT2D eigenvalue weighted by Gasteiger charge is -2.40. The first-order valence-corrected chi connectivity index (χ1v) is 8.35. The summed E-state index contributed by atoms with van der Waals surface area (Å²) in [6.07, 6.45) is 5.47. The van der Waals surface area contributed by atoms with E-state index in [1.54, 1.807) is 0 Å². The zero-order valence-electron chi connectivity index (χ0n) is 12.8. The summed E-state index contributed by atoms with van der Waals surface area (Å²) in [6.45, 7) is 7.54. The van der Waals surface area contributed by atoms with Gasteiger partial charge in [-0.1, -0.05) is 19.8 Å². The molecule has 0 radical (unpaired) electrons. The highest BCUT2D eigenvalue weighted by atomic mass is 32.1. The molecule has 0 bridgehead atoms. The fraction of sp³-hybridized carbons (Fsp3) is 0.750. The quantitative estimate of drug-likeness (QED) is 0.907. The molecule has 2 N–H and O–H groups in total. The van der Waals surface area contributed by atoms with Crippen LogP contribution in [-0.4, -0.2) is 24.5 Å². The lowest BCUT2D eigenvalue weighted by atomic mass is 9.84. The summed E-state index contributed by atoms with van der Waals surface area (Å²) < 4.78 is 0. The minimum absolute atomic E-state index is 0.385. The van der Waals surface area contributed by atoms with Gasteiger partial charge in [-0.05, 0) is 51.3 Å². The van der Waals surface area contributed by atoms with Gasteiger partial charge in [0, 0.05) is 28.4 Å². The minimum atomic E-state index is 0.385. The normalized spacial score (nSPS) is 25.8. The largest absolute Gasteiger partial charge is 0.329 e. The Morgan fingerprint density at radius 2 is 2.05 bits per heavy atom.